The predicted octanol–water partition coefficient (Wildman–Crippen LogP) is 2.55. The molecule has 2 aromatic rings. The Morgan fingerprint density at radius 2 is 2.17 bits per heavy atom. The molecular formula is C13H19N3O2. The zero-order chi connectivity index (χ0) is 13.3. The minimum Gasteiger partial charge on any atom is -0.408 e. The highest BCUT2D eigenvalue weighted by atomic mass is 16.4. The van der Waals surface area contributed by atoms with Crippen LogP contribution in [-0.2, 0) is 0 Å². The second kappa shape index (κ2) is 4.76. The van der Waals surface area contributed by atoms with Gasteiger partial charge in [0.05, 0.1) is 16.9 Å². The van der Waals surface area contributed by atoms with Crippen LogP contribution in [0.5, 0.6) is 0 Å². The molecule has 18 heavy (non-hydrogen) atoms. The summed E-state index contributed by atoms with van der Waals surface area (Å²) < 4.78 is 4.96. The summed E-state index contributed by atoms with van der Waals surface area (Å²) in [6, 6.07) is 3.79. The molecule has 0 saturated heterocycles. The van der Waals surface area contributed by atoms with Crippen LogP contribution in [0.1, 0.15) is 27.2 Å². The maximum Gasteiger partial charge on any atom is 0.417 e. The number of nitrogens with one attached hydrogen (secondary N) is 2. The molecule has 0 spiro atoms. The fourth-order valence-corrected chi connectivity index (χ4v) is 1.88. The molecule has 1 aromatic heterocycles. The van der Waals surface area contributed by atoms with E-state index in [9.17, 15) is 4.79 Å². The molecule has 0 aliphatic rings. The fraction of sp³-hybridized carbons (Fsp3) is 0.462. The number of fused-ring (bicyclic) bond motifs is 1. The Bertz CT molecular complexity index is 600. The van der Waals surface area contributed by atoms with Crippen LogP contribution in [0.3, 0.4) is 0 Å². The minimum atomic E-state index is -0.462. The third kappa shape index (κ3) is 2.34. The van der Waals surface area contributed by atoms with E-state index in [2.05, 4.69) is 31.1 Å². The standard InChI is InChI=1S/C13H19N3O2/c1-4-7(2)8(3)15-10-6-11-12(5-9(10)14)18-13(17)16-11/h5-8,15H,4,14H2,1-3H3,(H,16,17). The van der Waals surface area contributed by atoms with E-state index in [0.717, 1.165) is 12.1 Å². The number of hydrogen-bond donors (Lipinski definition) is 3. The largest absolute Gasteiger partial charge is 0.417 e. The van der Waals surface area contributed by atoms with E-state index in [-0.39, 0.29) is 0 Å². The first kappa shape index (κ1) is 12.5. The SMILES string of the molecule is CCC(C)C(C)Nc1cc2[nH]c(=O)oc2cc1N. The first-order valence-electron chi connectivity index (χ1n) is 6.20. The van der Waals surface area contributed by atoms with Crippen LogP contribution in [0.15, 0.2) is 21.3 Å². The quantitative estimate of drug-likeness (QED) is 0.727. The van der Waals surface area contributed by atoms with Crippen molar-refractivity contribution < 1.29 is 4.42 Å². The molecule has 0 radical (unpaired) electrons. The number of rotatable bonds is 4. The number of nitrogens with two attached hydrogens (primary N) is 1. The first-order valence-corrected chi connectivity index (χ1v) is 6.20. The minimum absolute atomic E-state index is 0.313. The molecule has 0 bridgehead atoms. The number of aromatic nitrogens is 1. The molecule has 0 amide bonds. The average molecular weight is 249 g/mol. The van der Waals surface area contributed by atoms with Crippen molar-refractivity contribution in [2.75, 3.05) is 11.1 Å². The van der Waals surface area contributed by atoms with Gasteiger partial charge < -0.3 is 15.5 Å². The van der Waals surface area contributed by atoms with Crippen molar-refractivity contribution in [3.8, 4) is 0 Å². The van der Waals surface area contributed by atoms with Crippen molar-refractivity contribution in [1.82, 2.24) is 4.98 Å². The van der Waals surface area contributed by atoms with E-state index in [0.29, 0.717) is 28.7 Å². The van der Waals surface area contributed by atoms with E-state index in [1.54, 1.807) is 6.07 Å². The summed E-state index contributed by atoms with van der Waals surface area (Å²) in [6.45, 7) is 6.46. The number of H-pyrrole nitrogens is 1. The molecule has 1 heterocycles. The van der Waals surface area contributed by atoms with Gasteiger partial charge in [0.15, 0.2) is 5.58 Å². The monoisotopic (exact) mass is 249 g/mol. The van der Waals surface area contributed by atoms with Crippen LogP contribution in [0.2, 0.25) is 0 Å². The Morgan fingerprint density at radius 1 is 1.44 bits per heavy atom. The molecule has 2 unspecified atom stereocenters. The third-order valence-corrected chi connectivity index (χ3v) is 3.47. The van der Waals surface area contributed by atoms with Crippen LogP contribution >= 0.6 is 0 Å². The summed E-state index contributed by atoms with van der Waals surface area (Å²) in [7, 11) is 0. The van der Waals surface area contributed by atoms with Gasteiger partial charge in [-0.25, -0.2) is 4.79 Å². The van der Waals surface area contributed by atoms with Crippen LogP contribution in [-0.4, -0.2) is 11.0 Å². The van der Waals surface area contributed by atoms with Gasteiger partial charge in [0, 0.05) is 12.1 Å². The van der Waals surface area contributed by atoms with E-state index in [1.807, 2.05) is 6.07 Å². The zero-order valence-electron chi connectivity index (χ0n) is 10.9. The molecule has 5 nitrogen and oxygen atoms in total. The number of oxazole rings is 1. The van der Waals surface area contributed by atoms with Crippen molar-refractivity contribution >= 4 is 22.5 Å². The van der Waals surface area contributed by atoms with E-state index < -0.39 is 5.76 Å². The Morgan fingerprint density at radius 3 is 2.83 bits per heavy atom. The van der Waals surface area contributed by atoms with Gasteiger partial charge in [-0.05, 0) is 18.9 Å². The third-order valence-electron chi connectivity index (χ3n) is 3.47. The van der Waals surface area contributed by atoms with Crippen LogP contribution in [0, 0.1) is 5.92 Å². The number of hydrogen-bond acceptors (Lipinski definition) is 4. The van der Waals surface area contributed by atoms with Gasteiger partial charge >= 0.3 is 5.76 Å². The smallest absolute Gasteiger partial charge is 0.408 e. The molecule has 1 aromatic carbocycles. The predicted molar refractivity (Wildman–Crippen MR) is 73.8 cm³/mol. The van der Waals surface area contributed by atoms with Crippen molar-refractivity contribution in [2.24, 2.45) is 5.92 Å². The molecule has 2 rings (SSSR count). The van der Waals surface area contributed by atoms with Gasteiger partial charge in [-0.3, -0.25) is 4.98 Å². The van der Waals surface area contributed by atoms with Crippen molar-refractivity contribution in [3.05, 3.63) is 22.7 Å². The normalized spacial score (nSPS) is 14.6. The maximum absolute atomic E-state index is 11.1. The molecule has 2 atom stereocenters. The van der Waals surface area contributed by atoms with Crippen molar-refractivity contribution in [2.45, 2.75) is 33.2 Å². The maximum atomic E-state index is 11.1. The second-order valence-electron chi connectivity index (χ2n) is 4.77. The lowest BCUT2D eigenvalue weighted by atomic mass is 10.0. The summed E-state index contributed by atoms with van der Waals surface area (Å²) in [5.41, 5.74) is 8.50. The van der Waals surface area contributed by atoms with Crippen LogP contribution in [0.25, 0.3) is 11.1 Å². The van der Waals surface area contributed by atoms with Crippen molar-refractivity contribution in [1.29, 1.82) is 0 Å². The lowest BCUT2D eigenvalue weighted by Gasteiger charge is -2.22. The zero-order valence-corrected chi connectivity index (χ0v) is 10.9. The van der Waals surface area contributed by atoms with E-state index in [4.69, 9.17) is 10.2 Å². The number of anilines is 2. The van der Waals surface area contributed by atoms with Gasteiger partial charge in [0.1, 0.15) is 0 Å². The highest BCUT2D eigenvalue weighted by Gasteiger charge is 2.13. The highest BCUT2D eigenvalue weighted by molar-refractivity contribution is 5.85. The fourth-order valence-electron chi connectivity index (χ4n) is 1.88. The molecule has 98 valence electrons. The second-order valence-corrected chi connectivity index (χ2v) is 4.77. The summed E-state index contributed by atoms with van der Waals surface area (Å²) in [5.74, 6) is 0.0834. The van der Waals surface area contributed by atoms with Gasteiger partial charge in [-0.15, -0.1) is 0 Å². The van der Waals surface area contributed by atoms with Gasteiger partial charge in [-0.2, -0.15) is 0 Å². The molecule has 0 aliphatic carbocycles. The number of aromatic amines is 1. The average Bonchev–Trinajstić information content (AvgIpc) is 2.67. The van der Waals surface area contributed by atoms with Gasteiger partial charge in [0.2, 0.25) is 0 Å². The molecular weight excluding hydrogens is 230 g/mol. The molecule has 5 heteroatoms. The van der Waals surface area contributed by atoms with Gasteiger partial charge in [-0.1, -0.05) is 20.3 Å². The Kier molecular flexibility index (Phi) is 3.32. The number of nitrogen functional groups attached to an aromatic ring is 1. The molecule has 0 fully saturated rings. The molecule has 0 saturated carbocycles. The van der Waals surface area contributed by atoms with E-state index in [1.165, 1.54) is 0 Å². The van der Waals surface area contributed by atoms with E-state index >= 15 is 0 Å². The summed E-state index contributed by atoms with van der Waals surface area (Å²) >= 11 is 0. The highest BCUT2D eigenvalue weighted by Crippen LogP contribution is 2.26. The van der Waals surface area contributed by atoms with Crippen LogP contribution < -0.4 is 16.8 Å². The summed E-state index contributed by atoms with van der Waals surface area (Å²) in [6.07, 6.45) is 1.10. The molecule has 0 aliphatic heterocycles. The Hall–Kier alpha value is -1.91. The first-order chi connectivity index (χ1) is 8.51. The molecule has 4 N–H and O–H groups in total. The van der Waals surface area contributed by atoms with Crippen molar-refractivity contribution in [3.63, 3.8) is 0 Å². The summed E-state index contributed by atoms with van der Waals surface area (Å²) in [4.78, 5) is 13.7. The summed E-state index contributed by atoms with van der Waals surface area (Å²) in [5, 5.41) is 3.37. The van der Waals surface area contributed by atoms with Crippen LogP contribution in [0.4, 0.5) is 11.4 Å². The number of benzene rings is 1. The topological polar surface area (TPSA) is 84.0 Å². The lowest BCUT2D eigenvalue weighted by molar-refractivity contribution is 0.495. The van der Waals surface area contributed by atoms with Gasteiger partial charge in [0.25, 0.3) is 0 Å². The Labute approximate surface area is 105 Å². The lowest BCUT2D eigenvalue weighted by Crippen LogP contribution is -2.23. The Balaban J connectivity index is 2.32.